The van der Waals surface area contributed by atoms with Gasteiger partial charge in [0, 0.05) is 5.41 Å². The van der Waals surface area contributed by atoms with Gasteiger partial charge in [-0.1, -0.05) is 26.0 Å². The largest absolute Gasteiger partial charge is 0.392 e. The average molecular weight is 180 g/mol. The van der Waals surface area contributed by atoms with E-state index in [0.29, 0.717) is 5.92 Å². The van der Waals surface area contributed by atoms with Crippen LogP contribution in [-0.2, 0) is 0 Å². The minimum atomic E-state index is -0.103. The van der Waals surface area contributed by atoms with Gasteiger partial charge in [-0.3, -0.25) is 0 Å². The zero-order valence-electron chi connectivity index (χ0n) is 8.66. The lowest BCUT2D eigenvalue weighted by Gasteiger charge is -2.33. The molecule has 1 nitrogen and oxygen atoms in total. The molecule has 1 saturated carbocycles. The van der Waals surface area contributed by atoms with Gasteiger partial charge in [0.2, 0.25) is 0 Å². The highest BCUT2D eigenvalue weighted by Gasteiger charge is 2.46. The first-order valence-electron chi connectivity index (χ1n) is 5.50. The SMILES string of the molecule is C[C@@H]1CCC=C[C@]2(C)[C@H](O)CC[C@@H]12. The average Bonchev–Trinajstić information content (AvgIpc) is 2.29. The summed E-state index contributed by atoms with van der Waals surface area (Å²) < 4.78 is 0. The molecule has 2 rings (SSSR count). The summed E-state index contributed by atoms with van der Waals surface area (Å²) in [5, 5.41) is 9.98. The Bertz CT molecular complexity index is 221. The van der Waals surface area contributed by atoms with E-state index in [-0.39, 0.29) is 11.5 Å². The molecule has 2 aliphatic carbocycles. The summed E-state index contributed by atoms with van der Waals surface area (Å²) in [5.74, 6) is 1.48. The van der Waals surface area contributed by atoms with Crippen LogP contribution in [0.25, 0.3) is 0 Å². The van der Waals surface area contributed by atoms with Crippen molar-refractivity contribution in [2.24, 2.45) is 17.3 Å². The molecule has 0 unspecified atom stereocenters. The molecular formula is C12H20O. The molecule has 0 saturated heterocycles. The van der Waals surface area contributed by atoms with Crippen LogP contribution in [0.3, 0.4) is 0 Å². The quantitative estimate of drug-likeness (QED) is 0.568. The Hall–Kier alpha value is -0.300. The van der Waals surface area contributed by atoms with Crippen molar-refractivity contribution in [3.05, 3.63) is 12.2 Å². The monoisotopic (exact) mass is 180 g/mol. The van der Waals surface area contributed by atoms with Gasteiger partial charge in [0.25, 0.3) is 0 Å². The van der Waals surface area contributed by atoms with Crippen LogP contribution in [0.15, 0.2) is 12.2 Å². The number of hydrogen-bond donors (Lipinski definition) is 1. The van der Waals surface area contributed by atoms with Crippen LogP contribution in [0.4, 0.5) is 0 Å². The van der Waals surface area contributed by atoms with Crippen molar-refractivity contribution in [1.29, 1.82) is 0 Å². The fourth-order valence-electron chi connectivity index (χ4n) is 3.24. The van der Waals surface area contributed by atoms with E-state index in [9.17, 15) is 5.11 Å². The lowest BCUT2D eigenvalue weighted by atomic mass is 9.73. The van der Waals surface area contributed by atoms with Crippen LogP contribution in [-0.4, -0.2) is 11.2 Å². The van der Waals surface area contributed by atoms with Crippen LogP contribution in [0.2, 0.25) is 0 Å². The van der Waals surface area contributed by atoms with Gasteiger partial charge in [-0.25, -0.2) is 0 Å². The summed E-state index contributed by atoms with van der Waals surface area (Å²) in [6.45, 7) is 4.57. The summed E-state index contributed by atoms with van der Waals surface area (Å²) in [5.41, 5.74) is 0.0793. The van der Waals surface area contributed by atoms with Crippen LogP contribution in [0, 0.1) is 17.3 Å². The van der Waals surface area contributed by atoms with Crippen molar-refractivity contribution in [3.8, 4) is 0 Å². The Labute approximate surface area is 80.8 Å². The Morgan fingerprint density at radius 2 is 2.08 bits per heavy atom. The summed E-state index contributed by atoms with van der Waals surface area (Å²) >= 11 is 0. The third-order valence-corrected chi connectivity index (χ3v) is 4.22. The smallest absolute Gasteiger partial charge is 0.0631 e. The van der Waals surface area contributed by atoms with E-state index in [1.807, 2.05) is 0 Å². The molecule has 0 heterocycles. The molecule has 1 fully saturated rings. The van der Waals surface area contributed by atoms with E-state index >= 15 is 0 Å². The number of fused-ring (bicyclic) bond motifs is 1. The zero-order valence-corrected chi connectivity index (χ0v) is 8.66. The molecule has 0 aromatic rings. The number of hydrogen-bond acceptors (Lipinski definition) is 1. The molecule has 0 aromatic carbocycles. The second-order valence-electron chi connectivity index (χ2n) is 5.02. The summed E-state index contributed by atoms with van der Waals surface area (Å²) in [7, 11) is 0. The molecule has 0 bridgehead atoms. The molecule has 0 spiro atoms. The molecular weight excluding hydrogens is 160 g/mol. The molecule has 2 aliphatic rings. The van der Waals surface area contributed by atoms with E-state index in [1.54, 1.807) is 0 Å². The first kappa shape index (κ1) is 9.26. The topological polar surface area (TPSA) is 20.2 Å². The number of aliphatic hydroxyl groups is 1. The molecule has 0 radical (unpaired) electrons. The highest BCUT2D eigenvalue weighted by Crippen LogP contribution is 2.50. The van der Waals surface area contributed by atoms with E-state index in [2.05, 4.69) is 26.0 Å². The van der Waals surface area contributed by atoms with Crippen molar-refractivity contribution in [2.45, 2.75) is 45.6 Å². The predicted molar refractivity (Wildman–Crippen MR) is 54.4 cm³/mol. The van der Waals surface area contributed by atoms with Gasteiger partial charge in [0.05, 0.1) is 6.10 Å². The fraction of sp³-hybridized carbons (Fsp3) is 0.833. The number of aliphatic hydroxyl groups excluding tert-OH is 1. The zero-order chi connectivity index (χ0) is 9.47. The molecule has 0 aliphatic heterocycles. The fourth-order valence-corrected chi connectivity index (χ4v) is 3.24. The van der Waals surface area contributed by atoms with E-state index in [1.165, 1.54) is 19.3 Å². The molecule has 1 heteroatoms. The molecule has 1 N–H and O–H groups in total. The van der Waals surface area contributed by atoms with Crippen molar-refractivity contribution in [1.82, 2.24) is 0 Å². The van der Waals surface area contributed by atoms with Crippen molar-refractivity contribution in [3.63, 3.8) is 0 Å². The third kappa shape index (κ3) is 1.34. The Balaban J connectivity index is 2.29. The second kappa shape index (κ2) is 3.13. The van der Waals surface area contributed by atoms with Gasteiger partial charge in [0.15, 0.2) is 0 Å². The van der Waals surface area contributed by atoms with Crippen LogP contribution in [0.5, 0.6) is 0 Å². The number of allylic oxidation sites excluding steroid dienone is 1. The second-order valence-corrected chi connectivity index (χ2v) is 5.02. The van der Waals surface area contributed by atoms with Gasteiger partial charge < -0.3 is 5.11 Å². The van der Waals surface area contributed by atoms with Crippen LogP contribution < -0.4 is 0 Å². The van der Waals surface area contributed by atoms with Crippen LogP contribution in [0.1, 0.15) is 39.5 Å². The van der Waals surface area contributed by atoms with Crippen molar-refractivity contribution < 1.29 is 5.11 Å². The maximum Gasteiger partial charge on any atom is 0.0631 e. The predicted octanol–water partition coefficient (Wildman–Crippen LogP) is 2.75. The van der Waals surface area contributed by atoms with E-state index < -0.39 is 0 Å². The van der Waals surface area contributed by atoms with Crippen LogP contribution >= 0.6 is 0 Å². The van der Waals surface area contributed by atoms with E-state index in [4.69, 9.17) is 0 Å². The first-order valence-corrected chi connectivity index (χ1v) is 5.50. The highest BCUT2D eigenvalue weighted by molar-refractivity contribution is 5.11. The highest BCUT2D eigenvalue weighted by atomic mass is 16.3. The van der Waals surface area contributed by atoms with Crippen molar-refractivity contribution >= 4 is 0 Å². The molecule has 0 aromatic heterocycles. The standard InChI is InChI=1S/C12H20O/c1-9-5-3-4-8-12(2)10(9)6-7-11(12)13/h4,8-11,13H,3,5-7H2,1-2H3/t9-,10+,11-,12+/m1/s1. The normalized spacial score (nSPS) is 50.2. The Kier molecular flexibility index (Phi) is 2.23. The molecule has 0 amide bonds. The summed E-state index contributed by atoms with van der Waals surface area (Å²) in [6, 6.07) is 0. The van der Waals surface area contributed by atoms with Gasteiger partial charge >= 0.3 is 0 Å². The Morgan fingerprint density at radius 3 is 2.85 bits per heavy atom. The lowest BCUT2D eigenvalue weighted by molar-refractivity contribution is 0.0627. The first-order chi connectivity index (χ1) is 6.14. The van der Waals surface area contributed by atoms with Gasteiger partial charge in [0.1, 0.15) is 0 Å². The van der Waals surface area contributed by atoms with Crippen molar-refractivity contribution in [2.75, 3.05) is 0 Å². The van der Waals surface area contributed by atoms with Gasteiger partial charge in [-0.05, 0) is 37.5 Å². The van der Waals surface area contributed by atoms with Gasteiger partial charge in [-0.15, -0.1) is 0 Å². The summed E-state index contributed by atoms with van der Waals surface area (Å²) in [4.78, 5) is 0. The number of rotatable bonds is 0. The van der Waals surface area contributed by atoms with E-state index in [0.717, 1.165) is 12.3 Å². The molecule has 13 heavy (non-hydrogen) atoms. The lowest BCUT2D eigenvalue weighted by Crippen LogP contribution is -2.32. The maximum absolute atomic E-state index is 9.98. The molecule has 4 atom stereocenters. The third-order valence-electron chi connectivity index (χ3n) is 4.22. The molecule has 74 valence electrons. The maximum atomic E-state index is 9.98. The van der Waals surface area contributed by atoms with Gasteiger partial charge in [-0.2, -0.15) is 0 Å². The Morgan fingerprint density at radius 1 is 1.31 bits per heavy atom. The minimum Gasteiger partial charge on any atom is -0.392 e. The summed E-state index contributed by atoms with van der Waals surface area (Å²) in [6.07, 6.45) is 9.14. The minimum absolute atomic E-state index is 0.0793.